The van der Waals surface area contributed by atoms with Gasteiger partial charge in [0.1, 0.15) is 0 Å². The summed E-state index contributed by atoms with van der Waals surface area (Å²) < 4.78 is 5.48. The Morgan fingerprint density at radius 2 is 2.00 bits per heavy atom. The molecular weight excluding hydrogens is 272 g/mol. The summed E-state index contributed by atoms with van der Waals surface area (Å²) >= 11 is 6.25. The molecule has 4 heteroatoms. The van der Waals surface area contributed by atoms with Crippen molar-refractivity contribution in [3.63, 3.8) is 0 Å². The van der Waals surface area contributed by atoms with E-state index >= 15 is 0 Å². The third kappa shape index (κ3) is 4.19. The molecule has 0 unspecified atom stereocenters. The zero-order chi connectivity index (χ0) is 14.4. The fraction of sp³-hybridized carbons (Fsp3) is 0.625. The lowest BCUT2D eigenvalue weighted by Gasteiger charge is -2.40. The SMILES string of the molecule is COCC1(CN(C)Cc2ccccc2Cl)CCNCC1. The number of benzene rings is 1. The molecule has 112 valence electrons. The summed E-state index contributed by atoms with van der Waals surface area (Å²) in [4.78, 5) is 2.37. The summed E-state index contributed by atoms with van der Waals surface area (Å²) in [6, 6.07) is 8.08. The standard InChI is InChI=1S/C16H25ClN2O/c1-19(11-14-5-3-4-6-15(14)17)12-16(13-20-2)7-9-18-10-8-16/h3-6,18H,7-13H2,1-2H3. The van der Waals surface area contributed by atoms with Crippen molar-refractivity contribution in [2.24, 2.45) is 5.41 Å². The van der Waals surface area contributed by atoms with Crippen molar-refractivity contribution in [2.45, 2.75) is 19.4 Å². The number of nitrogens with one attached hydrogen (secondary N) is 1. The zero-order valence-corrected chi connectivity index (χ0v) is 13.2. The van der Waals surface area contributed by atoms with Crippen LogP contribution in [0.4, 0.5) is 0 Å². The predicted molar refractivity (Wildman–Crippen MR) is 84.2 cm³/mol. The Balaban J connectivity index is 1.98. The van der Waals surface area contributed by atoms with Crippen molar-refractivity contribution in [1.82, 2.24) is 10.2 Å². The van der Waals surface area contributed by atoms with Gasteiger partial charge in [0.2, 0.25) is 0 Å². The Hall–Kier alpha value is -0.610. The van der Waals surface area contributed by atoms with Gasteiger partial charge in [-0.3, -0.25) is 0 Å². The Morgan fingerprint density at radius 3 is 2.65 bits per heavy atom. The Bertz CT molecular complexity index is 413. The molecule has 0 aromatic heterocycles. The van der Waals surface area contributed by atoms with Crippen molar-refractivity contribution >= 4 is 11.6 Å². The quantitative estimate of drug-likeness (QED) is 0.874. The van der Waals surface area contributed by atoms with Gasteiger partial charge in [0.15, 0.2) is 0 Å². The van der Waals surface area contributed by atoms with Crippen LogP contribution < -0.4 is 5.32 Å². The molecule has 0 saturated carbocycles. The number of hydrogen-bond acceptors (Lipinski definition) is 3. The third-order valence-electron chi connectivity index (χ3n) is 4.12. The van der Waals surface area contributed by atoms with E-state index in [0.717, 1.165) is 37.8 Å². The summed E-state index contributed by atoms with van der Waals surface area (Å²) in [5.41, 5.74) is 1.47. The van der Waals surface area contributed by atoms with Crippen LogP contribution in [0.5, 0.6) is 0 Å². The summed E-state index contributed by atoms with van der Waals surface area (Å²) in [6.07, 6.45) is 2.35. The first-order chi connectivity index (χ1) is 9.65. The van der Waals surface area contributed by atoms with E-state index in [4.69, 9.17) is 16.3 Å². The molecule has 0 radical (unpaired) electrons. The zero-order valence-electron chi connectivity index (χ0n) is 12.5. The Morgan fingerprint density at radius 1 is 1.30 bits per heavy atom. The molecule has 1 aromatic carbocycles. The van der Waals surface area contributed by atoms with Gasteiger partial charge in [0.05, 0.1) is 6.61 Å². The minimum absolute atomic E-state index is 0.274. The predicted octanol–water partition coefficient (Wildman–Crippen LogP) is 2.79. The number of piperidine rings is 1. The number of rotatable bonds is 6. The van der Waals surface area contributed by atoms with E-state index in [1.54, 1.807) is 7.11 Å². The largest absolute Gasteiger partial charge is 0.384 e. The van der Waals surface area contributed by atoms with Crippen molar-refractivity contribution < 1.29 is 4.74 Å². The molecule has 2 rings (SSSR count). The lowest BCUT2D eigenvalue weighted by molar-refractivity contribution is 0.0269. The molecular formula is C16H25ClN2O. The topological polar surface area (TPSA) is 24.5 Å². The van der Waals surface area contributed by atoms with E-state index in [2.05, 4.69) is 23.3 Å². The van der Waals surface area contributed by atoms with Crippen LogP contribution in [0.15, 0.2) is 24.3 Å². The molecule has 1 fully saturated rings. The van der Waals surface area contributed by atoms with E-state index in [1.165, 1.54) is 18.4 Å². The van der Waals surface area contributed by atoms with Crippen molar-refractivity contribution in [1.29, 1.82) is 0 Å². The van der Waals surface area contributed by atoms with E-state index in [0.29, 0.717) is 0 Å². The van der Waals surface area contributed by atoms with E-state index in [1.807, 2.05) is 18.2 Å². The highest BCUT2D eigenvalue weighted by molar-refractivity contribution is 6.31. The molecule has 1 aliphatic heterocycles. The maximum Gasteiger partial charge on any atom is 0.0531 e. The van der Waals surface area contributed by atoms with Crippen LogP contribution >= 0.6 is 11.6 Å². The highest BCUT2D eigenvalue weighted by atomic mass is 35.5. The van der Waals surface area contributed by atoms with E-state index in [9.17, 15) is 0 Å². The average Bonchev–Trinajstić information content (AvgIpc) is 2.42. The number of nitrogens with zero attached hydrogens (tertiary/aromatic N) is 1. The van der Waals surface area contributed by atoms with Crippen LogP contribution in [0.2, 0.25) is 5.02 Å². The van der Waals surface area contributed by atoms with Crippen molar-refractivity contribution in [2.75, 3.05) is 40.4 Å². The van der Waals surface area contributed by atoms with Gasteiger partial charge >= 0.3 is 0 Å². The van der Waals surface area contributed by atoms with Crippen LogP contribution in [-0.4, -0.2) is 45.3 Å². The molecule has 0 atom stereocenters. The number of halogens is 1. The smallest absolute Gasteiger partial charge is 0.0531 e. The number of ether oxygens (including phenoxy) is 1. The van der Waals surface area contributed by atoms with Gasteiger partial charge in [-0.05, 0) is 44.6 Å². The minimum atomic E-state index is 0.274. The highest BCUT2D eigenvalue weighted by Gasteiger charge is 2.33. The van der Waals surface area contributed by atoms with Crippen LogP contribution in [0.1, 0.15) is 18.4 Å². The molecule has 20 heavy (non-hydrogen) atoms. The lowest BCUT2D eigenvalue weighted by atomic mass is 9.79. The molecule has 1 aromatic rings. The van der Waals surface area contributed by atoms with Crippen LogP contribution in [-0.2, 0) is 11.3 Å². The molecule has 1 heterocycles. The molecule has 1 N–H and O–H groups in total. The first kappa shape index (κ1) is 15.8. The molecule has 0 aliphatic carbocycles. The third-order valence-corrected chi connectivity index (χ3v) is 4.49. The van der Waals surface area contributed by atoms with Gasteiger partial charge in [-0.25, -0.2) is 0 Å². The fourth-order valence-electron chi connectivity index (χ4n) is 3.16. The van der Waals surface area contributed by atoms with Gasteiger partial charge in [0, 0.05) is 30.6 Å². The van der Waals surface area contributed by atoms with Gasteiger partial charge in [0.25, 0.3) is 0 Å². The normalized spacial score (nSPS) is 18.4. The minimum Gasteiger partial charge on any atom is -0.384 e. The molecule has 0 bridgehead atoms. The van der Waals surface area contributed by atoms with Crippen LogP contribution in [0.3, 0.4) is 0 Å². The molecule has 3 nitrogen and oxygen atoms in total. The maximum atomic E-state index is 6.25. The average molecular weight is 297 g/mol. The summed E-state index contributed by atoms with van der Waals surface area (Å²) in [5, 5.41) is 4.29. The van der Waals surface area contributed by atoms with Gasteiger partial charge in [-0.15, -0.1) is 0 Å². The van der Waals surface area contributed by atoms with Gasteiger partial charge in [-0.2, -0.15) is 0 Å². The number of methoxy groups -OCH3 is 1. The first-order valence-electron chi connectivity index (χ1n) is 7.27. The van der Waals surface area contributed by atoms with E-state index in [-0.39, 0.29) is 5.41 Å². The highest BCUT2D eigenvalue weighted by Crippen LogP contribution is 2.30. The molecule has 1 saturated heterocycles. The summed E-state index contributed by atoms with van der Waals surface area (Å²) in [5.74, 6) is 0. The van der Waals surface area contributed by atoms with Crippen LogP contribution in [0, 0.1) is 5.41 Å². The Kier molecular flexibility index (Phi) is 5.85. The van der Waals surface area contributed by atoms with Crippen LogP contribution in [0.25, 0.3) is 0 Å². The molecule has 0 spiro atoms. The van der Waals surface area contributed by atoms with Gasteiger partial charge < -0.3 is 15.0 Å². The second-order valence-electron chi connectivity index (χ2n) is 5.95. The Labute approximate surface area is 127 Å². The number of hydrogen-bond donors (Lipinski definition) is 1. The van der Waals surface area contributed by atoms with Gasteiger partial charge in [-0.1, -0.05) is 29.8 Å². The summed E-state index contributed by atoms with van der Waals surface area (Å²) in [6.45, 7) is 4.94. The molecule has 1 aliphatic rings. The van der Waals surface area contributed by atoms with E-state index < -0.39 is 0 Å². The first-order valence-corrected chi connectivity index (χ1v) is 7.65. The second kappa shape index (κ2) is 7.41. The fourth-order valence-corrected chi connectivity index (χ4v) is 3.35. The second-order valence-corrected chi connectivity index (χ2v) is 6.35. The van der Waals surface area contributed by atoms with Crippen molar-refractivity contribution in [3.05, 3.63) is 34.9 Å². The lowest BCUT2D eigenvalue weighted by Crippen LogP contribution is -2.46. The van der Waals surface area contributed by atoms with Crippen molar-refractivity contribution in [3.8, 4) is 0 Å². The maximum absolute atomic E-state index is 6.25. The summed E-state index contributed by atoms with van der Waals surface area (Å²) in [7, 11) is 3.97. The monoisotopic (exact) mass is 296 g/mol. The molecule has 0 amide bonds.